The van der Waals surface area contributed by atoms with Gasteiger partial charge in [0.05, 0.1) is 20.1 Å². The van der Waals surface area contributed by atoms with Crippen molar-refractivity contribution in [3.8, 4) is 16.9 Å². The summed E-state index contributed by atoms with van der Waals surface area (Å²) in [6.07, 6.45) is 5.22. The van der Waals surface area contributed by atoms with Gasteiger partial charge in [0.2, 0.25) is 5.91 Å². The van der Waals surface area contributed by atoms with Crippen molar-refractivity contribution in [3.63, 3.8) is 0 Å². The van der Waals surface area contributed by atoms with Crippen molar-refractivity contribution in [2.45, 2.75) is 71.8 Å². The smallest absolute Gasteiger partial charge is 0.306 e. The molecule has 1 atom stereocenters. The maximum absolute atomic E-state index is 12.1. The van der Waals surface area contributed by atoms with Crippen LogP contribution in [0, 0.1) is 19.3 Å². The van der Waals surface area contributed by atoms with E-state index in [0.29, 0.717) is 26.0 Å². The highest BCUT2D eigenvalue weighted by Crippen LogP contribution is 2.64. The summed E-state index contributed by atoms with van der Waals surface area (Å²) in [7, 11) is 1.48. The number of methoxy groups -OCH3 is 1. The Morgan fingerprint density at radius 1 is 1.02 bits per heavy atom. The first-order valence-corrected chi connectivity index (χ1v) is 14.9. The molecule has 1 unspecified atom stereocenters. The van der Waals surface area contributed by atoms with Crippen molar-refractivity contribution in [1.29, 1.82) is 0 Å². The molecule has 3 aromatic carbocycles. The van der Waals surface area contributed by atoms with Gasteiger partial charge in [-0.25, -0.2) is 0 Å². The molecule has 0 radical (unpaired) electrons. The van der Waals surface area contributed by atoms with Gasteiger partial charge in [0.15, 0.2) is 0 Å². The van der Waals surface area contributed by atoms with Crippen LogP contribution in [0.1, 0.15) is 72.8 Å². The standard InChI is InChI=1S/C35H42N2O4/c1-5-33(38)36-16-7-17-41-28-11-13-29(23(2)18-28)30-9-6-8-25(24(30)3)22-37-27-10-12-31-26(19-27)21-35(14-15-35)32(31)20-34(39)40-4/h6,8-13,18-19,32,37H,5,7,14-17,20-22H2,1-4H3,(H,36,38). The number of aryl methyl sites for hydroxylation is 1. The van der Waals surface area contributed by atoms with Gasteiger partial charge in [-0.05, 0) is 108 Å². The van der Waals surface area contributed by atoms with Gasteiger partial charge < -0.3 is 20.1 Å². The molecule has 216 valence electrons. The fraction of sp³-hybridized carbons (Fsp3) is 0.429. The predicted octanol–water partition coefficient (Wildman–Crippen LogP) is 6.86. The Morgan fingerprint density at radius 2 is 1.85 bits per heavy atom. The third kappa shape index (κ3) is 6.42. The Morgan fingerprint density at radius 3 is 2.59 bits per heavy atom. The Bertz CT molecular complexity index is 1430. The van der Waals surface area contributed by atoms with Crippen molar-refractivity contribution < 1.29 is 19.1 Å². The molecule has 1 fully saturated rings. The molecule has 3 aromatic rings. The lowest BCUT2D eigenvalue weighted by Gasteiger charge is -2.18. The normalized spacial score (nSPS) is 16.2. The topological polar surface area (TPSA) is 76.7 Å². The van der Waals surface area contributed by atoms with E-state index < -0.39 is 0 Å². The average molecular weight is 555 g/mol. The fourth-order valence-electron chi connectivity index (χ4n) is 6.31. The quantitative estimate of drug-likeness (QED) is 0.189. The van der Waals surface area contributed by atoms with Crippen molar-refractivity contribution in [3.05, 3.63) is 82.4 Å². The van der Waals surface area contributed by atoms with Crippen molar-refractivity contribution in [2.24, 2.45) is 5.41 Å². The van der Waals surface area contributed by atoms with Gasteiger partial charge >= 0.3 is 5.97 Å². The first-order valence-electron chi connectivity index (χ1n) is 14.9. The molecule has 2 aliphatic rings. The van der Waals surface area contributed by atoms with E-state index in [0.717, 1.165) is 30.8 Å². The number of fused-ring (bicyclic) bond motifs is 1. The zero-order valence-electron chi connectivity index (χ0n) is 24.8. The molecule has 1 saturated carbocycles. The van der Waals surface area contributed by atoms with Crippen molar-refractivity contribution >= 4 is 17.6 Å². The molecule has 0 bridgehead atoms. The highest BCUT2D eigenvalue weighted by Gasteiger charge is 2.54. The molecular weight excluding hydrogens is 512 g/mol. The van der Waals surface area contributed by atoms with Crippen LogP contribution in [0.5, 0.6) is 5.75 Å². The number of carbonyl (C=O) groups excluding carboxylic acids is 2. The molecule has 1 spiro atoms. The second-order valence-electron chi connectivity index (χ2n) is 11.6. The lowest BCUT2D eigenvalue weighted by atomic mass is 9.87. The SMILES string of the molecule is CCC(=O)NCCCOc1ccc(-c2cccc(CNc3ccc4c(c3)CC3(CC3)C4CC(=O)OC)c2C)c(C)c1. The average Bonchev–Trinajstić information content (AvgIpc) is 3.69. The molecule has 0 aromatic heterocycles. The number of hydrogen-bond donors (Lipinski definition) is 2. The largest absolute Gasteiger partial charge is 0.494 e. The number of anilines is 1. The van der Waals surface area contributed by atoms with Crippen LogP contribution in [0.3, 0.4) is 0 Å². The number of amides is 1. The van der Waals surface area contributed by atoms with Crippen LogP contribution in [0.2, 0.25) is 0 Å². The maximum Gasteiger partial charge on any atom is 0.306 e. The number of rotatable bonds is 12. The first-order chi connectivity index (χ1) is 19.8. The molecule has 1 amide bonds. The van der Waals surface area contributed by atoms with E-state index in [1.54, 1.807) is 0 Å². The van der Waals surface area contributed by atoms with Crippen LogP contribution in [0.15, 0.2) is 54.6 Å². The zero-order valence-corrected chi connectivity index (χ0v) is 24.8. The molecule has 2 aliphatic carbocycles. The fourth-order valence-corrected chi connectivity index (χ4v) is 6.31. The summed E-state index contributed by atoms with van der Waals surface area (Å²) in [6.45, 7) is 8.11. The Labute approximate surface area is 243 Å². The van der Waals surface area contributed by atoms with Crippen LogP contribution in [0.25, 0.3) is 11.1 Å². The van der Waals surface area contributed by atoms with Crippen molar-refractivity contribution in [1.82, 2.24) is 5.32 Å². The van der Waals surface area contributed by atoms with Crippen LogP contribution in [-0.2, 0) is 27.3 Å². The zero-order chi connectivity index (χ0) is 29.0. The Hall–Kier alpha value is -3.80. The van der Waals surface area contributed by atoms with Gasteiger partial charge in [-0.3, -0.25) is 9.59 Å². The number of nitrogens with one attached hydrogen (secondary N) is 2. The van der Waals surface area contributed by atoms with Gasteiger partial charge in [0.1, 0.15) is 5.75 Å². The van der Waals surface area contributed by atoms with E-state index in [1.165, 1.54) is 58.9 Å². The van der Waals surface area contributed by atoms with Crippen LogP contribution in [0.4, 0.5) is 5.69 Å². The number of hydrogen-bond acceptors (Lipinski definition) is 5. The van der Waals surface area contributed by atoms with Crippen molar-refractivity contribution in [2.75, 3.05) is 25.6 Å². The van der Waals surface area contributed by atoms with E-state index >= 15 is 0 Å². The van der Waals surface area contributed by atoms with E-state index in [9.17, 15) is 9.59 Å². The van der Waals surface area contributed by atoms with E-state index in [1.807, 2.05) is 13.0 Å². The van der Waals surface area contributed by atoms with Gasteiger partial charge in [0, 0.05) is 31.1 Å². The molecule has 0 aliphatic heterocycles. The molecule has 41 heavy (non-hydrogen) atoms. The van der Waals surface area contributed by atoms with E-state index in [4.69, 9.17) is 9.47 Å². The second kappa shape index (κ2) is 12.4. The minimum Gasteiger partial charge on any atom is -0.494 e. The molecule has 6 heteroatoms. The van der Waals surface area contributed by atoms with Gasteiger partial charge in [-0.1, -0.05) is 37.3 Å². The third-order valence-corrected chi connectivity index (χ3v) is 8.94. The number of esters is 1. The number of ether oxygens (including phenoxy) is 2. The summed E-state index contributed by atoms with van der Waals surface area (Å²) >= 11 is 0. The molecular formula is C35H42N2O4. The predicted molar refractivity (Wildman–Crippen MR) is 163 cm³/mol. The number of carbonyl (C=O) groups is 2. The maximum atomic E-state index is 12.1. The van der Waals surface area contributed by atoms with E-state index in [2.05, 4.69) is 73.0 Å². The Balaban J connectivity index is 1.22. The number of benzene rings is 3. The molecule has 5 rings (SSSR count). The minimum atomic E-state index is -0.113. The van der Waals surface area contributed by atoms with Gasteiger partial charge in [-0.15, -0.1) is 0 Å². The summed E-state index contributed by atoms with van der Waals surface area (Å²) in [5.74, 6) is 1.09. The van der Waals surface area contributed by atoms with E-state index in [-0.39, 0.29) is 23.2 Å². The summed E-state index contributed by atoms with van der Waals surface area (Å²) in [6, 6.07) is 19.4. The summed E-state index contributed by atoms with van der Waals surface area (Å²) in [5.41, 5.74) is 10.2. The highest BCUT2D eigenvalue weighted by molar-refractivity contribution is 5.75. The summed E-state index contributed by atoms with van der Waals surface area (Å²) in [5, 5.41) is 6.53. The summed E-state index contributed by atoms with van der Waals surface area (Å²) in [4.78, 5) is 23.4. The molecule has 0 heterocycles. The minimum absolute atomic E-state index is 0.0716. The molecule has 2 N–H and O–H groups in total. The van der Waals surface area contributed by atoms with Gasteiger partial charge in [-0.2, -0.15) is 0 Å². The molecule has 0 saturated heterocycles. The van der Waals surface area contributed by atoms with Crippen LogP contribution >= 0.6 is 0 Å². The third-order valence-electron chi connectivity index (χ3n) is 8.94. The Kier molecular flexibility index (Phi) is 8.67. The van der Waals surface area contributed by atoms with Crippen LogP contribution in [-0.4, -0.2) is 32.1 Å². The highest BCUT2D eigenvalue weighted by atomic mass is 16.5. The summed E-state index contributed by atoms with van der Waals surface area (Å²) < 4.78 is 10.9. The molecule has 6 nitrogen and oxygen atoms in total. The lowest BCUT2D eigenvalue weighted by molar-refractivity contribution is -0.141. The lowest BCUT2D eigenvalue weighted by Crippen LogP contribution is -2.24. The van der Waals surface area contributed by atoms with Crippen LogP contribution < -0.4 is 15.4 Å². The second-order valence-corrected chi connectivity index (χ2v) is 11.6. The first kappa shape index (κ1) is 28.7. The van der Waals surface area contributed by atoms with Gasteiger partial charge in [0.25, 0.3) is 0 Å². The monoisotopic (exact) mass is 554 g/mol.